The molecule has 1 aromatic rings. The molecule has 2 saturated heterocycles. The number of ether oxygens (including phenoxy) is 2. The molecule has 0 bridgehead atoms. The lowest BCUT2D eigenvalue weighted by molar-refractivity contribution is -0.142. The van der Waals surface area contributed by atoms with Crippen molar-refractivity contribution in [2.45, 2.75) is 18.9 Å². The summed E-state index contributed by atoms with van der Waals surface area (Å²) >= 11 is 11.6. The zero-order valence-corrected chi connectivity index (χ0v) is 15.7. The minimum atomic E-state index is -0.257. The van der Waals surface area contributed by atoms with Crippen LogP contribution in [-0.2, 0) is 9.53 Å². The van der Waals surface area contributed by atoms with Crippen LogP contribution in [0, 0.1) is 0 Å². The van der Waals surface area contributed by atoms with E-state index in [0.29, 0.717) is 48.7 Å². The molecule has 2 heterocycles. The molecule has 1 N–H and O–H groups in total. The van der Waals surface area contributed by atoms with Crippen LogP contribution in [0.1, 0.15) is 12.8 Å². The van der Waals surface area contributed by atoms with Gasteiger partial charge in [-0.2, -0.15) is 0 Å². The van der Waals surface area contributed by atoms with Gasteiger partial charge in [0.1, 0.15) is 11.9 Å². The minimum absolute atomic E-state index is 0.104. The second-order valence-electron chi connectivity index (χ2n) is 6.09. The van der Waals surface area contributed by atoms with Gasteiger partial charge in [0.05, 0.1) is 12.8 Å². The molecule has 0 unspecified atom stereocenters. The van der Waals surface area contributed by atoms with Crippen LogP contribution in [0.25, 0.3) is 0 Å². The fourth-order valence-corrected chi connectivity index (χ4v) is 3.54. The van der Waals surface area contributed by atoms with Crippen LogP contribution in [0.4, 0.5) is 5.69 Å². The zero-order valence-electron chi connectivity index (χ0n) is 14.2. The number of piperazine rings is 1. The van der Waals surface area contributed by atoms with Crippen LogP contribution in [0.3, 0.4) is 0 Å². The molecular formula is C17H22ClN3O3S. The van der Waals surface area contributed by atoms with Gasteiger partial charge in [0.25, 0.3) is 5.91 Å². The maximum atomic E-state index is 12.4. The largest absolute Gasteiger partial charge is 0.495 e. The quantitative estimate of drug-likeness (QED) is 0.809. The number of hydrogen-bond acceptors (Lipinski definition) is 4. The normalized spacial score (nSPS) is 20.5. The number of halogens is 1. The van der Waals surface area contributed by atoms with Crippen molar-refractivity contribution in [3.8, 4) is 5.75 Å². The number of hydrogen-bond donors (Lipinski definition) is 1. The van der Waals surface area contributed by atoms with Crippen molar-refractivity contribution in [2.75, 3.05) is 45.2 Å². The Hall–Kier alpha value is -1.57. The van der Waals surface area contributed by atoms with Gasteiger partial charge >= 0.3 is 0 Å². The monoisotopic (exact) mass is 383 g/mol. The molecule has 0 aromatic heterocycles. The Labute approximate surface area is 158 Å². The van der Waals surface area contributed by atoms with Crippen LogP contribution in [-0.4, -0.2) is 66.8 Å². The van der Waals surface area contributed by atoms with E-state index in [1.54, 1.807) is 25.3 Å². The lowest BCUT2D eigenvalue weighted by Gasteiger charge is -2.37. The maximum Gasteiger partial charge on any atom is 0.251 e. The van der Waals surface area contributed by atoms with E-state index in [-0.39, 0.29) is 12.0 Å². The number of carbonyl (C=O) groups excluding carboxylic acids is 1. The Kier molecular flexibility index (Phi) is 5.98. The van der Waals surface area contributed by atoms with Crippen molar-refractivity contribution in [3.05, 3.63) is 23.2 Å². The summed E-state index contributed by atoms with van der Waals surface area (Å²) in [5, 5.41) is 4.40. The number of thiocarbonyl (C=S) groups is 1. The van der Waals surface area contributed by atoms with Gasteiger partial charge in [0, 0.05) is 37.8 Å². The van der Waals surface area contributed by atoms with Crippen molar-refractivity contribution in [1.29, 1.82) is 0 Å². The SMILES string of the molecule is COc1ccc(Cl)cc1NC(=S)N1CCN(C(=O)[C@H]2CCCO2)CC1. The predicted octanol–water partition coefficient (Wildman–Crippen LogP) is 2.37. The van der Waals surface area contributed by atoms with E-state index in [4.69, 9.17) is 33.3 Å². The topological polar surface area (TPSA) is 54.0 Å². The second kappa shape index (κ2) is 8.21. The van der Waals surface area contributed by atoms with Crippen LogP contribution < -0.4 is 10.1 Å². The van der Waals surface area contributed by atoms with Crippen molar-refractivity contribution >= 4 is 40.5 Å². The molecule has 1 amide bonds. The van der Waals surface area contributed by atoms with Gasteiger partial charge in [-0.05, 0) is 43.3 Å². The van der Waals surface area contributed by atoms with Crippen LogP contribution in [0.15, 0.2) is 18.2 Å². The Morgan fingerprint density at radius 1 is 1.32 bits per heavy atom. The number of amides is 1. The third kappa shape index (κ3) is 4.34. The maximum absolute atomic E-state index is 12.4. The first-order chi connectivity index (χ1) is 12.1. The van der Waals surface area contributed by atoms with E-state index < -0.39 is 0 Å². The summed E-state index contributed by atoms with van der Waals surface area (Å²) in [7, 11) is 1.60. The number of carbonyl (C=O) groups is 1. The molecule has 0 spiro atoms. The number of nitrogens with one attached hydrogen (secondary N) is 1. The summed E-state index contributed by atoms with van der Waals surface area (Å²) < 4.78 is 10.8. The number of anilines is 1. The number of benzene rings is 1. The van der Waals surface area contributed by atoms with Crippen molar-refractivity contribution in [1.82, 2.24) is 9.80 Å². The van der Waals surface area contributed by atoms with Gasteiger partial charge in [-0.15, -0.1) is 0 Å². The van der Waals surface area contributed by atoms with Crippen LogP contribution in [0.2, 0.25) is 5.02 Å². The Morgan fingerprint density at radius 2 is 2.04 bits per heavy atom. The van der Waals surface area contributed by atoms with Crippen molar-refractivity contribution < 1.29 is 14.3 Å². The summed E-state index contributed by atoms with van der Waals surface area (Å²) in [6.45, 7) is 3.35. The molecule has 1 aromatic carbocycles. The fraction of sp³-hybridized carbons (Fsp3) is 0.529. The summed E-state index contributed by atoms with van der Waals surface area (Å²) in [4.78, 5) is 16.3. The highest BCUT2D eigenvalue weighted by molar-refractivity contribution is 7.80. The van der Waals surface area contributed by atoms with Gasteiger partial charge in [-0.25, -0.2) is 0 Å². The Balaban J connectivity index is 1.55. The van der Waals surface area contributed by atoms with E-state index in [1.165, 1.54) is 0 Å². The highest BCUT2D eigenvalue weighted by atomic mass is 35.5. The lowest BCUT2D eigenvalue weighted by Crippen LogP contribution is -2.53. The molecule has 2 fully saturated rings. The lowest BCUT2D eigenvalue weighted by atomic mass is 10.2. The Bertz CT molecular complexity index is 644. The predicted molar refractivity (Wildman–Crippen MR) is 101 cm³/mol. The first kappa shape index (κ1) is 18.2. The Morgan fingerprint density at radius 3 is 2.68 bits per heavy atom. The molecule has 6 nitrogen and oxygen atoms in total. The minimum Gasteiger partial charge on any atom is -0.495 e. The molecule has 8 heteroatoms. The van der Waals surface area contributed by atoms with Gasteiger partial charge in [0.15, 0.2) is 5.11 Å². The summed E-state index contributed by atoms with van der Waals surface area (Å²) in [6, 6.07) is 5.35. The van der Waals surface area contributed by atoms with E-state index in [0.717, 1.165) is 18.5 Å². The standard InChI is InChI=1S/C17H22ClN3O3S/c1-23-14-5-4-12(18)11-13(14)19-17(25)21-8-6-20(7-9-21)16(22)15-3-2-10-24-15/h4-5,11,15H,2-3,6-10H2,1H3,(H,19,25)/t15-/m1/s1. The van der Waals surface area contributed by atoms with E-state index in [1.807, 2.05) is 4.90 Å². The molecule has 3 rings (SSSR count). The molecule has 136 valence electrons. The smallest absolute Gasteiger partial charge is 0.251 e. The van der Waals surface area contributed by atoms with Crippen LogP contribution in [0.5, 0.6) is 5.75 Å². The van der Waals surface area contributed by atoms with Crippen molar-refractivity contribution in [3.63, 3.8) is 0 Å². The zero-order chi connectivity index (χ0) is 17.8. The molecule has 2 aliphatic rings. The third-order valence-corrected chi connectivity index (χ3v) is 5.08. The van der Waals surface area contributed by atoms with Gasteiger partial charge < -0.3 is 24.6 Å². The third-order valence-electron chi connectivity index (χ3n) is 4.49. The molecule has 2 aliphatic heterocycles. The summed E-state index contributed by atoms with van der Waals surface area (Å²) in [6.07, 6.45) is 1.53. The second-order valence-corrected chi connectivity index (χ2v) is 6.91. The highest BCUT2D eigenvalue weighted by Gasteiger charge is 2.30. The van der Waals surface area contributed by atoms with Crippen LogP contribution >= 0.6 is 23.8 Å². The molecule has 0 aliphatic carbocycles. The average Bonchev–Trinajstić information content (AvgIpc) is 3.16. The number of methoxy groups -OCH3 is 1. The molecular weight excluding hydrogens is 362 g/mol. The summed E-state index contributed by atoms with van der Waals surface area (Å²) in [5.74, 6) is 0.784. The van der Waals surface area contributed by atoms with Crippen molar-refractivity contribution in [2.24, 2.45) is 0 Å². The molecule has 1 atom stereocenters. The molecule has 0 radical (unpaired) electrons. The van der Waals surface area contributed by atoms with E-state index in [9.17, 15) is 4.79 Å². The molecule has 25 heavy (non-hydrogen) atoms. The summed E-state index contributed by atoms with van der Waals surface area (Å²) in [5.41, 5.74) is 0.734. The van der Waals surface area contributed by atoms with E-state index >= 15 is 0 Å². The van der Waals surface area contributed by atoms with E-state index in [2.05, 4.69) is 10.2 Å². The fourth-order valence-electron chi connectivity index (χ4n) is 3.08. The number of rotatable bonds is 3. The van der Waals surface area contributed by atoms with Gasteiger partial charge in [0.2, 0.25) is 0 Å². The van der Waals surface area contributed by atoms with Gasteiger partial charge in [-0.3, -0.25) is 4.79 Å². The van der Waals surface area contributed by atoms with Gasteiger partial charge in [-0.1, -0.05) is 11.6 Å². The average molecular weight is 384 g/mol. The highest BCUT2D eigenvalue weighted by Crippen LogP contribution is 2.28. The first-order valence-electron chi connectivity index (χ1n) is 8.38. The number of nitrogens with zero attached hydrogens (tertiary/aromatic N) is 2. The molecule has 0 saturated carbocycles. The first-order valence-corrected chi connectivity index (χ1v) is 9.17.